The molecule has 0 atom stereocenters. The first-order valence-electron chi connectivity index (χ1n) is 4.99. The Morgan fingerprint density at radius 1 is 1.57 bits per heavy atom. The molecule has 1 aliphatic rings. The molecule has 0 radical (unpaired) electrons. The molecule has 14 heavy (non-hydrogen) atoms. The van der Waals surface area contributed by atoms with Crippen LogP contribution in [-0.4, -0.2) is 28.8 Å². The monoisotopic (exact) mass is 209 g/mol. The largest absolute Gasteiger partial charge is 0.360 e. The molecular formula is C10H15N3S. The van der Waals surface area contributed by atoms with Crippen LogP contribution in [0.3, 0.4) is 0 Å². The van der Waals surface area contributed by atoms with E-state index in [1.54, 1.807) is 11.3 Å². The lowest BCUT2D eigenvalue weighted by molar-refractivity contribution is 0.506. The van der Waals surface area contributed by atoms with Crippen molar-refractivity contribution in [2.24, 2.45) is 0 Å². The summed E-state index contributed by atoms with van der Waals surface area (Å²) < 4.78 is 0. The number of hydrogen-bond acceptors (Lipinski definition) is 3. The van der Waals surface area contributed by atoms with Crippen molar-refractivity contribution in [3.8, 4) is 0 Å². The number of amidine groups is 1. The average molecular weight is 209 g/mol. The Bertz CT molecular complexity index is 326. The highest BCUT2D eigenvalue weighted by Crippen LogP contribution is 2.13. The summed E-state index contributed by atoms with van der Waals surface area (Å²) in [6.07, 6.45) is 3.17. The summed E-state index contributed by atoms with van der Waals surface area (Å²) in [5.41, 5.74) is 1.05. The van der Waals surface area contributed by atoms with Gasteiger partial charge in [-0.25, -0.2) is 4.98 Å². The molecule has 1 N–H and O–H groups in total. The van der Waals surface area contributed by atoms with E-state index in [2.05, 4.69) is 15.3 Å². The Morgan fingerprint density at radius 2 is 2.29 bits per heavy atom. The van der Waals surface area contributed by atoms with Crippen LogP contribution in [0.15, 0.2) is 5.38 Å². The summed E-state index contributed by atoms with van der Waals surface area (Å²) in [6.45, 7) is 4.12. The minimum absolute atomic E-state index is 0.699. The lowest BCUT2D eigenvalue weighted by Gasteiger charge is -2.17. The van der Waals surface area contributed by atoms with E-state index in [0.717, 1.165) is 29.6 Å². The number of rotatable bonds is 2. The fraction of sp³-hybridized carbons (Fsp3) is 0.600. The summed E-state index contributed by atoms with van der Waals surface area (Å²) in [4.78, 5) is 6.53. The van der Waals surface area contributed by atoms with Crippen molar-refractivity contribution >= 4 is 17.2 Å². The minimum atomic E-state index is 0.699. The van der Waals surface area contributed by atoms with Crippen LogP contribution in [0.25, 0.3) is 0 Å². The molecule has 1 aromatic rings. The fourth-order valence-corrected chi connectivity index (χ4v) is 2.37. The molecule has 1 fully saturated rings. The van der Waals surface area contributed by atoms with Gasteiger partial charge in [-0.05, 0) is 19.8 Å². The number of hydrogen-bond donors (Lipinski definition) is 1. The van der Waals surface area contributed by atoms with Gasteiger partial charge in [0.25, 0.3) is 0 Å². The Kier molecular flexibility index (Phi) is 2.82. The molecule has 0 aliphatic carbocycles. The highest BCUT2D eigenvalue weighted by atomic mass is 32.1. The van der Waals surface area contributed by atoms with Crippen LogP contribution in [0.2, 0.25) is 0 Å². The molecule has 1 aliphatic heterocycles. The third-order valence-corrected chi connectivity index (χ3v) is 3.33. The van der Waals surface area contributed by atoms with Crippen molar-refractivity contribution in [2.45, 2.75) is 26.2 Å². The Labute approximate surface area is 88.3 Å². The number of likely N-dealkylation sites (tertiary alicyclic amines) is 1. The van der Waals surface area contributed by atoms with Crippen LogP contribution in [0.4, 0.5) is 0 Å². The molecule has 76 valence electrons. The zero-order valence-electron chi connectivity index (χ0n) is 8.42. The molecular weight excluding hydrogens is 194 g/mol. The molecule has 0 aromatic carbocycles. The van der Waals surface area contributed by atoms with Gasteiger partial charge >= 0.3 is 0 Å². The maximum Gasteiger partial charge on any atom is 0.102 e. The third-order valence-electron chi connectivity index (χ3n) is 2.50. The molecule has 3 nitrogen and oxygen atoms in total. The topological polar surface area (TPSA) is 40.0 Å². The van der Waals surface area contributed by atoms with E-state index in [9.17, 15) is 0 Å². The second-order valence-corrected chi connectivity index (χ2v) is 4.74. The van der Waals surface area contributed by atoms with E-state index in [1.807, 2.05) is 6.92 Å². The molecule has 1 saturated heterocycles. The smallest absolute Gasteiger partial charge is 0.102 e. The van der Waals surface area contributed by atoms with Gasteiger partial charge in [-0.1, -0.05) is 0 Å². The lowest BCUT2D eigenvalue weighted by atomic mass is 10.3. The maximum atomic E-state index is 7.92. The molecule has 0 saturated carbocycles. The SMILES string of the molecule is Cc1nc(CC(=N)N2CCCC2)cs1. The standard InChI is InChI=1S/C10H15N3S/c1-8-12-9(7-14-8)6-10(11)13-4-2-3-5-13/h7,11H,2-6H2,1H3. The van der Waals surface area contributed by atoms with Gasteiger partial charge in [0.15, 0.2) is 0 Å². The molecule has 2 rings (SSSR count). The van der Waals surface area contributed by atoms with E-state index >= 15 is 0 Å². The summed E-state index contributed by atoms with van der Waals surface area (Å²) >= 11 is 1.66. The Morgan fingerprint density at radius 3 is 2.86 bits per heavy atom. The van der Waals surface area contributed by atoms with Gasteiger partial charge in [0.05, 0.1) is 10.7 Å². The number of aromatic nitrogens is 1. The van der Waals surface area contributed by atoms with Crippen LogP contribution >= 0.6 is 11.3 Å². The maximum absolute atomic E-state index is 7.92. The molecule has 0 amide bonds. The van der Waals surface area contributed by atoms with Crippen molar-refractivity contribution < 1.29 is 0 Å². The van der Waals surface area contributed by atoms with E-state index in [-0.39, 0.29) is 0 Å². The number of thiazole rings is 1. The van der Waals surface area contributed by atoms with Gasteiger partial charge in [-0.3, -0.25) is 5.41 Å². The van der Waals surface area contributed by atoms with Crippen molar-refractivity contribution in [3.05, 3.63) is 16.1 Å². The highest BCUT2D eigenvalue weighted by Gasteiger charge is 2.15. The first-order chi connectivity index (χ1) is 6.75. The van der Waals surface area contributed by atoms with Gasteiger partial charge in [0.2, 0.25) is 0 Å². The Balaban J connectivity index is 1.93. The third kappa shape index (κ3) is 2.12. The molecule has 1 aromatic heterocycles. The average Bonchev–Trinajstić information content (AvgIpc) is 2.75. The first-order valence-corrected chi connectivity index (χ1v) is 5.87. The van der Waals surface area contributed by atoms with Crippen LogP contribution in [0.1, 0.15) is 23.5 Å². The molecule has 0 spiro atoms. The number of aryl methyl sites for hydroxylation is 1. The van der Waals surface area contributed by atoms with Gasteiger partial charge < -0.3 is 4.90 Å². The molecule has 2 heterocycles. The predicted octanol–water partition coefficient (Wildman–Crippen LogP) is 2.07. The summed E-state index contributed by atoms with van der Waals surface area (Å²) in [5, 5.41) is 11.1. The van der Waals surface area contributed by atoms with E-state index in [1.165, 1.54) is 12.8 Å². The fourth-order valence-electron chi connectivity index (χ4n) is 1.76. The van der Waals surface area contributed by atoms with E-state index in [0.29, 0.717) is 6.42 Å². The zero-order valence-corrected chi connectivity index (χ0v) is 9.23. The quantitative estimate of drug-likeness (QED) is 0.598. The second kappa shape index (κ2) is 4.09. The van der Waals surface area contributed by atoms with Crippen LogP contribution in [0, 0.1) is 12.3 Å². The lowest BCUT2D eigenvalue weighted by Crippen LogP contribution is -2.28. The van der Waals surface area contributed by atoms with Crippen LogP contribution in [0.5, 0.6) is 0 Å². The summed E-state index contributed by atoms with van der Waals surface area (Å²) in [5.74, 6) is 0.729. The van der Waals surface area contributed by atoms with Gasteiger partial charge in [-0.2, -0.15) is 0 Å². The van der Waals surface area contributed by atoms with Gasteiger partial charge in [-0.15, -0.1) is 11.3 Å². The van der Waals surface area contributed by atoms with Gasteiger partial charge in [0.1, 0.15) is 5.84 Å². The van der Waals surface area contributed by atoms with E-state index < -0.39 is 0 Å². The Hall–Kier alpha value is -0.900. The minimum Gasteiger partial charge on any atom is -0.360 e. The predicted molar refractivity (Wildman–Crippen MR) is 59.1 cm³/mol. The normalized spacial score (nSPS) is 16.2. The second-order valence-electron chi connectivity index (χ2n) is 3.68. The van der Waals surface area contributed by atoms with Gasteiger partial charge in [0, 0.05) is 24.9 Å². The first kappa shape index (κ1) is 9.65. The van der Waals surface area contributed by atoms with Crippen molar-refractivity contribution in [1.82, 2.24) is 9.88 Å². The van der Waals surface area contributed by atoms with Crippen LogP contribution in [-0.2, 0) is 6.42 Å². The molecule has 0 bridgehead atoms. The zero-order chi connectivity index (χ0) is 9.97. The van der Waals surface area contributed by atoms with Crippen molar-refractivity contribution in [1.29, 1.82) is 5.41 Å². The number of nitrogens with zero attached hydrogens (tertiary/aromatic N) is 2. The van der Waals surface area contributed by atoms with Crippen molar-refractivity contribution in [3.63, 3.8) is 0 Å². The summed E-state index contributed by atoms with van der Waals surface area (Å²) in [7, 11) is 0. The van der Waals surface area contributed by atoms with E-state index in [4.69, 9.17) is 5.41 Å². The molecule has 4 heteroatoms. The summed E-state index contributed by atoms with van der Waals surface area (Å²) in [6, 6.07) is 0. The highest BCUT2D eigenvalue weighted by molar-refractivity contribution is 7.09. The van der Waals surface area contributed by atoms with Crippen LogP contribution < -0.4 is 0 Å². The van der Waals surface area contributed by atoms with Crippen molar-refractivity contribution in [2.75, 3.05) is 13.1 Å². The number of nitrogens with one attached hydrogen (secondary N) is 1. The molecule has 0 unspecified atom stereocenters.